The number of rotatable bonds is 11. The van der Waals surface area contributed by atoms with E-state index in [1.165, 1.54) is 17.2 Å². The smallest absolute Gasteiger partial charge is 0.411 e. The van der Waals surface area contributed by atoms with E-state index in [1.807, 2.05) is 16.7 Å². The number of ether oxygens (including phenoxy) is 4. The van der Waals surface area contributed by atoms with Crippen LogP contribution in [-0.4, -0.2) is 84.2 Å². The molecule has 1 saturated heterocycles. The maximum atomic E-state index is 12.8. The average molecular weight is 656 g/mol. The Kier molecular flexibility index (Phi) is 11.3. The standard InChI is InChI=1S/C35H49N3O9/c1-34(2,3)30-17-22-16-29(28(44-7)18-23(22)25-19-27(39)24(32(41)42)20-38(25)30)46-14-11-9-8-10-12-36-31(40)26-21-45-15-13-37(26)33(43)47-35(4,5)6/h16,18-20,26,30H,8-15,17,21H2,1-7H3,(H,36,40)(H,41,42)/t26-,30?/m0/s1. The predicted molar refractivity (Wildman–Crippen MR) is 176 cm³/mol. The summed E-state index contributed by atoms with van der Waals surface area (Å²) in [4.78, 5) is 51.2. The molecule has 1 aromatic carbocycles. The monoisotopic (exact) mass is 655 g/mol. The summed E-state index contributed by atoms with van der Waals surface area (Å²) in [5, 5.41) is 12.5. The molecule has 47 heavy (non-hydrogen) atoms. The van der Waals surface area contributed by atoms with Crippen molar-refractivity contribution in [1.29, 1.82) is 0 Å². The zero-order chi connectivity index (χ0) is 34.5. The Morgan fingerprint density at radius 3 is 2.40 bits per heavy atom. The third-order valence-corrected chi connectivity index (χ3v) is 8.41. The first-order chi connectivity index (χ1) is 22.1. The van der Waals surface area contributed by atoms with Crippen molar-refractivity contribution < 1.29 is 38.4 Å². The fourth-order valence-corrected chi connectivity index (χ4v) is 5.95. The third kappa shape index (κ3) is 8.85. The van der Waals surface area contributed by atoms with Crippen LogP contribution in [0.5, 0.6) is 11.5 Å². The molecule has 12 heteroatoms. The van der Waals surface area contributed by atoms with Crippen molar-refractivity contribution >= 4 is 18.0 Å². The Bertz CT molecular complexity index is 1520. The first-order valence-electron chi connectivity index (χ1n) is 16.3. The molecule has 12 nitrogen and oxygen atoms in total. The lowest BCUT2D eigenvalue weighted by molar-refractivity contribution is -0.132. The van der Waals surface area contributed by atoms with Crippen LogP contribution >= 0.6 is 0 Å². The molecule has 2 N–H and O–H groups in total. The summed E-state index contributed by atoms with van der Waals surface area (Å²) in [6, 6.07) is 4.45. The minimum absolute atomic E-state index is 0.0727. The molecule has 4 rings (SSSR count). The second-order valence-electron chi connectivity index (χ2n) is 14.2. The van der Waals surface area contributed by atoms with E-state index in [9.17, 15) is 24.3 Å². The van der Waals surface area contributed by atoms with E-state index in [-0.39, 0.29) is 29.5 Å². The molecule has 1 aromatic heterocycles. The number of unbranched alkanes of at least 4 members (excludes halogenated alkanes) is 3. The maximum Gasteiger partial charge on any atom is 0.411 e. The van der Waals surface area contributed by atoms with Crippen molar-refractivity contribution in [3.05, 3.63) is 45.7 Å². The van der Waals surface area contributed by atoms with Crippen LogP contribution in [0.2, 0.25) is 0 Å². The van der Waals surface area contributed by atoms with Crippen LogP contribution in [-0.2, 0) is 20.7 Å². The highest BCUT2D eigenvalue weighted by Crippen LogP contribution is 2.45. The van der Waals surface area contributed by atoms with Gasteiger partial charge in [0.05, 0.1) is 32.6 Å². The molecule has 2 aliphatic rings. The fourth-order valence-electron chi connectivity index (χ4n) is 5.95. The Labute approximate surface area is 276 Å². The highest BCUT2D eigenvalue weighted by atomic mass is 16.6. The molecule has 2 aromatic rings. The number of nitrogens with one attached hydrogen (secondary N) is 1. The van der Waals surface area contributed by atoms with Gasteiger partial charge in [-0.1, -0.05) is 33.6 Å². The molecule has 2 atom stereocenters. The number of carboxylic acids is 1. The first kappa shape index (κ1) is 35.8. The molecule has 258 valence electrons. The third-order valence-electron chi connectivity index (χ3n) is 8.41. The second-order valence-corrected chi connectivity index (χ2v) is 14.2. The highest BCUT2D eigenvalue weighted by Gasteiger charge is 2.36. The Morgan fingerprint density at radius 2 is 1.74 bits per heavy atom. The van der Waals surface area contributed by atoms with Crippen molar-refractivity contribution in [2.45, 2.75) is 91.3 Å². The van der Waals surface area contributed by atoms with E-state index in [2.05, 4.69) is 26.1 Å². The van der Waals surface area contributed by atoms with Gasteiger partial charge in [0.2, 0.25) is 5.91 Å². The molecule has 1 unspecified atom stereocenters. The van der Waals surface area contributed by atoms with Crippen molar-refractivity contribution in [1.82, 2.24) is 14.8 Å². The van der Waals surface area contributed by atoms with E-state index >= 15 is 0 Å². The summed E-state index contributed by atoms with van der Waals surface area (Å²) in [5.74, 6) is -0.333. The molecule has 2 aliphatic heterocycles. The maximum absolute atomic E-state index is 12.8. The zero-order valence-electron chi connectivity index (χ0n) is 28.6. The van der Waals surface area contributed by atoms with Crippen LogP contribution in [0.4, 0.5) is 4.79 Å². The molecule has 0 bridgehead atoms. The van der Waals surface area contributed by atoms with Gasteiger partial charge in [-0.15, -0.1) is 0 Å². The molecule has 0 aliphatic carbocycles. The Hall–Kier alpha value is -4.06. The van der Waals surface area contributed by atoms with Gasteiger partial charge < -0.3 is 33.9 Å². The molecule has 3 heterocycles. The number of carbonyl (C=O) groups excluding carboxylic acids is 2. The lowest BCUT2D eigenvalue weighted by Gasteiger charge is -2.39. The van der Waals surface area contributed by atoms with Gasteiger partial charge in [0.1, 0.15) is 17.2 Å². The lowest BCUT2D eigenvalue weighted by Crippen LogP contribution is -2.56. The molecule has 1 fully saturated rings. The van der Waals surface area contributed by atoms with Crippen molar-refractivity contribution in [2.75, 3.05) is 40.0 Å². The van der Waals surface area contributed by atoms with Crippen LogP contribution < -0.4 is 20.2 Å². The van der Waals surface area contributed by atoms with E-state index < -0.39 is 29.1 Å². The number of aromatic carboxylic acids is 1. The quantitative estimate of drug-likeness (QED) is 0.318. The van der Waals surface area contributed by atoms with Crippen molar-refractivity contribution in [2.24, 2.45) is 5.41 Å². The number of methoxy groups -OCH3 is 1. The number of morpholine rings is 1. The Morgan fingerprint density at radius 1 is 1.02 bits per heavy atom. The minimum Gasteiger partial charge on any atom is -0.493 e. The summed E-state index contributed by atoms with van der Waals surface area (Å²) >= 11 is 0. The first-order valence-corrected chi connectivity index (χ1v) is 16.3. The van der Waals surface area contributed by atoms with Crippen LogP contribution in [0.3, 0.4) is 0 Å². The number of hydrogen-bond acceptors (Lipinski definition) is 8. The van der Waals surface area contributed by atoms with E-state index in [0.717, 1.165) is 36.8 Å². The normalized spacial score (nSPS) is 17.7. The number of benzene rings is 1. The SMILES string of the molecule is COc1cc2c(cc1OCCCCCCNC(=O)[C@@H]1COCCN1C(=O)OC(C)(C)C)CC(C(C)(C)C)n1cc(C(=O)O)c(=O)cc1-2. The molecular formula is C35H49N3O9. The number of fused-ring (bicyclic) bond motifs is 3. The van der Waals surface area contributed by atoms with Gasteiger partial charge in [-0.25, -0.2) is 9.59 Å². The van der Waals surface area contributed by atoms with E-state index in [0.29, 0.717) is 49.9 Å². The number of aromatic nitrogens is 1. The molecular weight excluding hydrogens is 606 g/mol. The number of pyridine rings is 1. The van der Waals surface area contributed by atoms with Crippen molar-refractivity contribution in [3.63, 3.8) is 0 Å². The van der Waals surface area contributed by atoms with Gasteiger partial charge in [-0.2, -0.15) is 0 Å². The predicted octanol–water partition coefficient (Wildman–Crippen LogP) is 5.06. The van der Waals surface area contributed by atoms with Gasteiger partial charge in [-0.3, -0.25) is 14.5 Å². The summed E-state index contributed by atoms with van der Waals surface area (Å²) in [6.45, 7) is 13.5. The van der Waals surface area contributed by atoms with Crippen LogP contribution in [0.15, 0.2) is 29.2 Å². The van der Waals surface area contributed by atoms with E-state index in [1.54, 1.807) is 27.9 Å². The highest BCUT2D eigenvalue weighted by molar-refractivity contribution is 5.88. The summed E-state index contributed by atoms with van der Waals surface area (Å²) in [7, 11) is 1.57. The lowest BCUT2D eigenvalue weighted by atomic mass is 9.78. The minimum atomic E-state index is -1.24. The molecule has 0 spiro atoms. The zero-order valence-corrected chi connectivity index (χ0v) is 28.6. The average Bonchev–Trinajstić information content (AvgIpc) is 2.99. The van der Waals surface area contributed by atoms with E-state index in [4.69, 9.17) is 18.9 Å². The largest absolute Gasteiger partial charge is 0.493 e. The summed E-state index contributed by atoms with van der Waals surface area (Å²) < 4.78 is 24.6. The van der Waals surface area contributed by atoms with Gasteiger partial charge in [-0.05, 0) is 63.1 Å². The van der Waals surface area contributed by atoms with Gasteiger partial charge in [0, 0.05) is 37.0 Å². The van der Waals surface area contributed by atoms with Crippen molar-refractivity contribution in [3.8, 4) is 22.8 Å². The number of hydrogen-bond donors (Lipinski definition) is 2. The van der Waals surface area contributed by atoms with Crippen LogP contribution in [0, 0.1) is 5.41 Å². The molecule has 2 amide bonds. The van der Waals surface area contributed by atoms with Gasteiger partial charge >= 0.3 is 12.1 Å². The summed E-state index contributed by atoms with van der Waals surface area (Å²) in [6.07, 6.45) is 4.96. The van der Waals surface area contributed by atoms with Crippen LogP contribution in [0.25, 0.3) is 11.3 Å². The second kappa shape index (κ2) is 14.8. The number of nitrogens with zero attached hydrogens (tertiary/aromatic N) is 2. The number of carbonyl (C=O) groups is 3. The summed E-state index contributed by atoms with van der Waals surface area (Å²) in [5.41, 5.74) is 0.848. The molecule has 0 saturated carbocycles. The van der Waals surface area contributed by atoms with Crippen LogP contribution in [0.1, 0.15) is 89.2 Å². The fraction of sp³-hybridized carbons (Fsp3) is 0.600. The topological polar surface area (TPSA) is 146 Å². The number of amides is 2. The Balaban J connectivity index is 1.30. The molecule has 0 radical (unpaired) electrons. The van der Waals surface area contributed by atoms with Gasteiger partial charge in [0.25, 0.3) is 0 Å². The number of carboxylic acid groups (broad SMARTS) is 1. The van der Waals surface area contributed by atoms with Gasteiger partial charge in [0.15, 0.2) is 16.9 Å².